The third-order valence-electron chi connectivity index (χ3n) is 2.63. The lowest BCUT2D eigenvalue weighted by Gasteiger charge is -2.15. The number of carbonyl (C=O) groups is 1. The lowest BCUT2D eigenvalue weighted by Crippen LogP contribution is -2.30. The zero-order valence-electron chi connectivity index (χ0n) is 8.61. The molecule has 1 unspecified atom stereocenters. The summed E-state index contributed by atoms with van der Waals surface area (Å²) in [6, 6.07) is 3.73. The molecular formula is C11H13ClN2O. The van der Waals surface area contributed by atoms with Gasteiger partial charge in [0.2, 0.25) is 0 Å². The monoisotopic (exact) mass is 224 g/mol. The van der Waals surface area contributed by atoms with Crippen molar-refractivity contribution >= 4 is 17.5 Å². The summed E-state index contributed by atoms with van der Waals surface area (Å²) in [6.45, 7) is 3.27. The van der Waals surface area contributed by atoms with E-state index in [0.717, 1.165) is 18.5 Å². The first-order chi connectivity index (χ1) is 7.18. The standard InChI is InChI=1S/C11H13ClN2O/c1-8-3-2-5-13-10(8)11(15)14-6-4-9(12)7-14/h2-3,5,9H,4,6-7H2,1H3. The number of halogens is 1. The van der Waals surface area contributed by atoms with Gasteiger partial charge in [0.05, 0.1) is 5.38 Å². The van der Waals surface area contributed by atoms with Crippen LogP contribution in [0.5, 0.6) is 0 Å². The second kappa shape index (κ2) is 4.19. The fraction of sp³-hybridized carbons (Fsp3) is 0.455. The molecular weight excluding hydrogens is 212 g/mol. The van der Waals surface area contributed by atoms with Crippen molar-refractivity contribution in [3.63, 3.8) is 0 Å². The summed E-state index contributed by atoms with van der Waals surface area (Å²) in [4.78, 5) is 17.9. The highest BCUT2D eigenvalue weighted by Gasteiger charge is 2.26. The van der Waals surface area contributed by atoms with E-state index in [0.29, 0.717) is 12.2 Å². The van der Waals surface area contributed by atoms with Crippen LogP contribution in [0.15, 0.2) is 18.3 Å². The molecule has 80 valence electrons. The maximum atomic E-state index is 12.0. The van der Waals surface area contributed by atoms with Crippen molar-refractivity contribution in [2.45, 2.75) is 18.7 Å². The summed E-state index contributed by atoms with van der Waals surface area (Å²) < 4.78 is 0. The van der Waals surface area contributed by atoms with Gasteiger partial charge in [-0.15, -0.1) is 11.6 Å². The first kappa shape index (κ1) is 10.4. The molecule has 0 aliphatic carbocycles. The van der Waals surface area contributed by atoms with Gasteiger partial charge in [-0.3, -0.25) is 9.78 Å². The molecule has 1 aromatic rings. The number of carbonyl (C=O) groups excluding carboxylic acids is 1. The molecule has 0 N–H and O–H groups in total. The topological polar surface area (TPSA) is 33.2 Å². The van der Waals surface area contributed by atoms with Crippen LogP contribution in [0.1, 0.15) is 22.5 Å². The Balaban J connectivity index is 2.18. The minimum atomic E-state index is -0.00347. The van der Waals surface area contributed by atoms with Crippen molar-refractivity contribution < 1.29 is 4.79 Å². The quantitative estimate of drug-likeness (QED) is 0.682. The summed E-state index contributed by atoms with van der Waals surface area (Å²) in [5, 5.41) is 0.0953. The molecule has 4 heteroatoms. The average Bonchev–Trinajstić information content (AvgIpc) is 2.65. The van der Waals surface area contributed by atoms with Crippen LogP contribution in [0.2, 0.25) is 0 Å². The zero-order valence-corrected chi connectivity index (χ0v) is 9.37. The molecule has 1 fully saturated rings. The summed E-state index contributed by atoms with van der Waals surface area (Å²) in [5.41, 5.74) is 1.46. The van der Waals surface area contributed by atoms with Crippen LogP contribution in [0, 0.1) is 6.92 Å². The van der Waals surface area contributed by atoms with Crippen molar-refractivity contribution in [3.05, 3.63) is 29.6 Å². The molecule has 0 radical (unpaired) electrons. The van der Waals surface area contributed by atoms with Crippen molar-refractivity contribution in [3.8, 4) is 0 Å². The second-order valence-electron chi connectivity index (χ2n) is 3.81. The Labute approximate surface area is 94.1 Å². The first-order valence-corrected chi connectivity index (χ1v) is 5.47. The first-order valence-electron chi connectivity index (χ1n) is 5.03. The lowest BCUT2D eigenvalue weighted by atomic mass is 10.2. The molecule has 15 heavy (non-hydrogen) atoms. The predicted octanol–water partition coefficient (Wildman–Crippen LogP) is 1.84. The van der Waals surface area contributed by atoms with Crippen LogP contribution in [0.25, 0.3) is 0 Å². The number of aryl methyl sites for hydroxylation is 1. The zero-order chi connectivity index (χ0) is 10.8. The van der Waals surface area contributed by atoms with E-state index < -0.39 is 0 Å². The van der Waals surface area contributed by atoms with Gasteiger partial charge in [0.15, 0.2) is 0 Å². The number of pyridine rings is 1. The number of nitrogens with zero attached hydrogens (tertiary/aromatic N) is 2. The van der Waals surface area contributed by atoms with Gasteiger partial charge in [-0.25, -0.2) is 0 Å². The average molecular weight is 225 g/mol. The maximum absolute atomic E-state index is 12.0. The maximum Gasteiger partial charge on any atom is 0.272 e. The number of hydrogen-bond acceptors (Lipinski definition) is 2. The van der Waals surface area contributed by atoms with Crippen molar-refractivity contribution in [2.24, 2.45) is 0 Å². The Morgan fingerprint density at radius 1 is 1.67 bits per heavy atom. The fourth-order valence-corrected chi connectivity index (χ4v) is 2.03. The highest BCUT2D eigenvalue weighted by atomic mass is 35.5. The molecule has 1 aliphatic rings. The van der Waals surface area contributed by atoms with Crippen LogP contribution in [-0.2, 0) is 0 Å². The van der Waals surface area contributed by atoms with Gasteiger partial charge in [-0.05, 0) is 25.0 Å². The largest absolute Gasteiger partial charge is 0.336 e. The summed E-state index contributed by atoms with van der Waals surface area (Å²) in [6.07, 6.45) is 2.52. The van der Waals surface area contributed by atoms with Crippen LogP contribution in [0.3, 0.4) is 0 Å². The van der Waals surface area contributed by atoms with Gasteiger partial charge in [0.25, 0.3) is 5.91 Å². The Morgan fingerprint density at radius 2 is 2.47 bits per heavy atom. The van der Waals surface area contributed by atoms with Gasteiger partial charge in [0, 0.05) is 19.3 Å². The van der Waals surface area contributed by atoms with Crippen LogP contribution >= 0.6 is 11.6 Å². The highest BCUT2D eigenvalue weighted by Crippen LogP contribution is 2.17. The fourth-order valence-electron chi connectivity index (χ4n) is 1.76. The molecule has 2 heterocycles. The lowest BCUT2D eigenvalue weighted by molar-refractivity contribution is 0.0786. The molecule has 0 aromatic carbocycles. The molecule has 0 saturated carbocycles. The molecule has 0 bridgehead atoms. The summed E-state index contributed by atoms with van der Waals surface area (Å²) in [5.74, 6) is -0.00347. The number of aromatic nitrogens is 1. The van der Waals surface area contributed by atoms with Crippen molar-refractivity contribution in [2.75, 3.05) is 13.1 Å². The normalized spacial score (nSPS) is 20.7. The number of amides is 1. The third-order valence-corrected chi connectivity index (χ3v) is 2.99. The number of alkyl halides is 1. The van der Waals surface area contributed by atoms with Crippen LogP contribution < -0.4 is 0 Å². The summed E-state index contributed by atoms with van der Waals surface area (Å²) in [7, 11) is 0. The van der Waals surface area contributed by atoms with E-state index >= 15 is 0 Å². The molecule has 0 spiro atoms. The van der Waals surface area contributed by atoms with Gasteiger partial charge >= 0.3 is 0 Å². The van der Waals surface area contributed by atoms with Gasteiger partial charge in [0.1, 0.15) is 5.69 Å². The molecule has 1 amide bonds. The number of rotatable bonds is 1. The summed E-state index contributed by atoms with van der Waals surface area (Å²) >= 11 is 5.96. The van der Waals surface area contributed by atoms with E-state index in [-0.39, 0.29) is 11.3 Å². The van der Waals surface area contributed by atoms with Gasteiger partial charge < -0.3 is 4.90 Å². The molecule has 2 rings (SSSR count). The molecule has 1 aromatic heterocycles. The minimum absolute atomic E-state index is 0.00347. The van der Waals surface area contributed by atoms with E-state index in [9.17, 15) is 4.79 Å². The smallest absolute Gasteiger partial charge is 0.272 e. The Kier molecular flexibility index (Phi) is 2.91. The van der Waals surface area contributed by atoms with Crippen LogP contribution in [-0.4, -0.2) is 34.3 Å². The molecule has 1 atom stereocenters. The van der Waals surface area contributed by atoms with Crippen molar-refractivity contribution in [1.82, 2.24) is 9.88 Å². The van der Waals surface area contributed by atoms with E-state index in [1.54, 1.807) is 11.1 Å². The Bertz CT molecular complexity index is 381. The van der Waals surface area contributed by atoms with E-state index in [1.165, 1.54) is 0 Å². The van der Waals surface area contributed by atoms with Crippen molar-refractivity contribution in [1.29, 1.82) is 0 Å². The van der Waals surface area contributed by atoms with E-state index in [1.807, 2.05) is 19.1 Å². The van der Waals surface area contributed by atoms with E-state index in [4.69, 9.17) is 11.6 Å². The minimum Gasteiger partial charge on any atom is -0.336 e. The van der Waals surface area contributed by atoms with Gasteiger partial charge in [-0.2, -0.15) is 0 Å². The Hall–Kier alpha value is -1.09. The van der Waals surface area contributed by atoms with Gasteiger partial charge in [-0.1, -0.05) is 6.07 Å². The number of likely N-dealkylation sites (tertiary alicyclic amines) is 1. The van der Waals surface area contributed by atoms with Crippen LogP contribution in [0.4, 0.5) is 0 Å². The Morgan fingerprint density at radius 3 is 3.07 bits per heavy atom. The SMILES string of the molecule is Cc1cccnc1C(=O)N1CCC(Cl)C1. The highest BCUT2D eigenvalue weighted by molar-refractivity contribution is 6.21. The molecule has 1 saturated heterocycles. The molecule has 1 aliphatic heterocycles. The number of hydrogen-bond donors (Lipinski definition) is 0. The predicted molar refractivity (Wildman–Crippen MR) is 59.1 cm³/mol. The third kappa shape index (κ3) is 2.12. The van der Waals surface area contributed by atoms with E-state index in [2.05, 4.69) is 4.98 Å². The molecule has 3 nitrogen and oxygen atoms in total. The second-order valence-corrected chi connectivity index (χ2v) is 4.42.